The number of thiazole rings is 1. The molecular weight excluding hydrogens is 358 g/mol. The molecule has 8 heteroatoms. The van der Waals surface area contributed by atoms with Gasteiger partial charge in [-0.25, -0.2) is 4.98 Å². The third-order valence-electron chi connectivity index (χ3n) is 3.58. The van der Waals surface area contributed by atoms with Crippen LogP contribution < -0.4 is 5.32 Å². The predicted octanol–water partition coefficient (Wildman–Crippen LogP) is 4.63. The van der Waals surface area contributed by atoms with Crippen LogP contribution in [0.15, 0.2) is 47.4 Å². The van der Waals surface area contributed by atoms with Crippen molar-refractivity contribution in [3.8, 4) is 0 Å². The number of carbonyl (C=O) groups excluding carboxylic acids is 1. The lowest BCUT2D eigenvalue weighted by atomic mass is 10.2. The lowest BCUT2D eigenvalue weighted by molar-refractivity contribution is -0.384. The maximum absolute atomic E-state index is 12.4. The molecule has 1 atom stereocenters. The number of aromatic nitrogens is 1. The Morgan fingerprint density at radius 3 is 2.64 bits per heavy atom. The minimum Gasteiger partial charge on any atom is -0.301 e. The zero-order chi connectivity index (χ0) is 18.0. The minimum absolute atomic E-state index is 0.0336. The molecule has 0 aliphatic carbocycles. The molecule has 128 valence electrons. The lowest BCUT2D eigenvalue weighted by Crippen LogP contribution is -2.22. The molecule has 3 aromatic rings. The SMILES string of the molecule is Cc1cccc2sc(NC(=O)[C@@H](C)Sc3ccc([N+](=O)[O-])cc3)nc12. The highest BCUT2D eigenvalue weighted by molar-refractivity contribution is 8.00. The summed E-state index contributed by atoms with van der Waals surface area (Å²) < 4.78 is 1.03. The minimum atomic E-state index is -0.445. The van der Waals surface area contributed by atoms with Crippen LogP contribution in [-0.4, -0.2) is 21.1 Å². The van der Waals surface area contributed by atoms with Gasteiger partial charge in [0.15, 0.2) is 5.13 Å². The number of amides is 1. The van der Waals surface area contributed by atoms with Gasteiger partial charge in [-0.15, -0.1) is 11.8 Å². The monoisotopic (exact) mass is 373 g/mol. The van der Waals surface area contributed by atoms with Gasteiger partial charge in [-0.1, -0.05) is 23.5 Å². The average molecular weight is 373 g/mol. The highest BCUT2D eigenvalue weighted by atomic mass is 32.2. The van der Waals surface area contributed by atoms with Crippen LogP contribution in [0.5, 0.6) is 0 Å². The van der Waals surface area contributed by atoms with Crippen molar-refractivity contribution in [2.75, 3.05) is 5.32 Å². The zero-order valence-electron chi connectivity index (χ0n) is 13.6. The van der Waals surface area contributed by atoms with E-state index in [4.69, 9.17) is 0 Å². The van der Waals surface area contributed by atoms with Gasteiger partial charge < -0.3 is 5.32 Å². The summed E-state index contributed by atoms with van der Waals surface area (Å²) in [6, 6.07) is 12.1. The van der Waals surface area contributed by atoms with Crippen LogP contribution >= 0.6 is 23.1 Å². The second-order valence-electron chi connectivity index (χ2n) is 5.44. The number of carbonyl (C=O) groups is 1. The van der Waals surface area contributed by atoms with Crippen molar-refractivity contribution < 1.29 is 9.72 Å². The first-order chi connectivity index (χ1) is 11.9. The van der Waals surface area contributed by atoms with Crippen molar-refractivity contribution in [2.24, 2.45) is 0 Å². The molecule has 0 aliphatic heterocycles. The molecule has 0 fully saturated rings. The molecule has 6 nitrogen and oxygen atoms in total. The molecule has 0 bridgehead atoms. The number of hydrogen-bond donors (Lipinski definition) is 1. The summed E-state index contributed by atoms with van der Waals surface area (Å²) in [5.41, 5.74) is 2.01. The van der Waals surface area contributed by atoms with E-state index in [9.17, 15) is 14.9 Å². The Morgan fingerprint density at radius 2 is 2.00 bits per heavy atom. The van der Waals surface area contributed by atoms with Gasteiger partial charge in [-0.2, -0.15) is 0 Å². The van der Waals surface area contributed by atoms with Crippen LogP contribution in [0.1, 0.15) is 12.5 Å². The summed E-state index contributed by atoms with van der Waals surface area (Å²) in [6.07, 6.45) is 0. The number of para-hydroxylation sites is 1. The number of nitrogens with one attached hydrogen (secondary N) is 1. The fraction of sp³-hybridized carbons (Fsp3) is 0.176. The van der Waals surface area contributed by atoms with Gasteiger partial charge in [0.05, 0.1) is 20.4 Å². The third-order valence-corrected chi connectivity index (χ3v) is 5.63. The second kappa shape index (κ2) is 7.20. The fourth-order valence-electron chi connectivity index (χ4n) is 2.25. The first-order valence-corrected chi connectivity index (χ1v) is 9.22. The predicted molar refractivity (Wildman–Crippen MR) is 101 cm³/mol. The Bertz CT molecular complexity index is 938. The van der Waals surface area contributed by atoms with Crippen LogP contribution in [-0.2, 0) is 4.79 Å². The Morgan fingerprint density at radius 1 is 1.28 bits per heavy atom. The molecule has 1 aromatic heterocycles. The molecule has 0 spiro atoms. The van der Waals surface area contributed by atoms with Crippen molar-refractivity contribution in [1.82, 2.24) is 4.98 Å². The number of thioether (sulfide) groups is 1. The molecule has 1 N–H and O–H groups in total. The highest BCUT2D eigenvalue weighted by Gasteiger charge is 2.17. The van der Waals surface area contributed by atoms with Crippen LogP contribution in [0.3, 0.4) is 0 Å². The molecule has 1 heterocycles. The number of nitro benzene ring substituents is 1. The molecule has 3 rings (SSSR count). The number of hydrogen-bond acceptors (Lipinski definition) is 6. The van der Waals surface area contributed by atoms with E-state index in [0.717, 1.165) is 20.7 Å². The van der Waals surface area contributed by atoms with Crippen molar-refractivity contribution in [1.29, 1.82) is 0 Å². The number of fused-ring (bicyclic) bond motifs is 1. The first kappa shape index (κ1) is 17.4. The number of aryl methyl sites for hydroxylation is 1. The standard InChI is InChI=1S/C17H15N3O3S2/c1-10-4-3-5-14-15(10)18-17(25-14)19-16(21)11(2)24-13-8-6-12(7-9-13)20(22)23/h3-9,11H,1-2H3,(H,18,19,21)/t11-/m1/s1. The van der Waals surface area contributed by atoms with E-state index in [2.05, 4.69) is 10.3 Å². The van der Waals surface area contributed by atoms with E-state index in [0.29, 0.717) is 5.13 Å². The zero-order valence-corrected chi connectivity index (χ0v) is 15.2. The quantitative estimate of drug-likeness (QED) is 0.400. The van der Waals surface area contributed by atoms with Crippen LogP contribution in [0.4, 0.5) is 10.8 Å². The molecule has 0 unspecified atom stereocenters. The topological polar surface area (TPSA) is 85.1 Å². The summed E-state index contributed by atoms with van der Waals surface area (Å²) in [4.78, 5) is 27.9. The summed E-state index contributed by atoms with van der Waals surface area (Å²) in [7, 11) is 0. The number of rotatable bonds is 5. The summed E-state index contributed by atoms with van der Waals surface area (Å²) in [5.74, 6) is -0.153. The number of non-ortho nitro benzene ring substituents is 1. The average Bonchev–Trinajstić information content (AvgIpc) is 2.99. The van der Waals surface area contributed by atoms with Crippen molar-refractivity contribution in [3.05, 3.63) is 58.1 Å². The van der Waals surface area contributed by atoms with Gasteiger partial charge in [0.25, 0.3) is 5.69 Å². The van der Waals surface area contributed by atoms with Crippen LogP contribution in [0.25, 0.3) is 10.2 Å². The van der Waals surface area contributed by atoms with E-state index < -0.39 is 4.92 Å². The smallest absolute Gasteiger partial charge is 0.269 e. The number of benzene rings is 2. The largest absolute Gasteiger partial charge is 0.301 e. The molecule has 1 amide bonds. The maximum Gasteiger partial charge on any atom is 0.269 e. The lowest BCUT2D eigenvalue weighted by Gasteiger charge is -2.10. The van der Waals surface area contributed by atoms with Crippen molar-refractivity contribution in [2.45, 2.75) is 24.0 Å². The molecule has 2 aromatic carbocycles. The third kappa shape index (κ3) is 3.97. The Balaban J connectivity index is 1.67. The molecule has 25 heavy (non-hydrogen) atoms. The van der Waals surface area contributed by atoms with Gasteiger partial charge in [0.2, 0.25) is 5.91 Å². The van der Waals surface area contributed by atoms with Gasteiger partial charge in [-0.05, 0) is 37.6 Å². The first-order valence-electron chi connectivity index (χ1n) is 7.52. The molecule has 0 saturated carbocycles. The normalized spacial score (nSPS) is 12.1. The molecule has 0 radical (unpaired) electrons. The van der Waals surface area contributed by atoms with Gasteiger partial charge in [0, 0.05) is 17.0 Å². The summed E-state index contributed by atoms with van der Waals surface area (Å²) in [5, 5.41) is 13.7. The number of anilines is 1. The molecule has 0 saturated heterocycles. The van der Waals surface area contributed by atoms with E-state index in [1.807, 2.05) is 25.1 Å². The number of nitrogens with zero attached hydrogens (tertiary/aromatic N) is 2. The maximum atomic E-state index is 12.4. The molecular formula is C17H15N3O3S2. The second-order valence-corrected chi connectivity index (χ2v) is 7.89. The van der Waals surface area contributed by atoms with E-state index in [1.165, 1.54) is 35.2 Å². The highest BCUT2D eigenvalue weighted by Crippen LogP contribution is 2.30. The fourth-order valence-corrected chi connectivity index (χ4v) is 4.06. The summed E-state index contributed by atoms with van der Waals surface area (Å²) >= 11 is 2.78. The molecule has 0 aliphatic rings. The van der Waals surface area contributed by atoms with E-state index >= 15 is 0 Å². The Labute approximate surface area is 152 Å². The van der Waals surface area contributed by atoms with E-state index in [-0.39, 0.29) is 16.8 Å². The van der Waals surface area contributed by atoms with Gasteiger partial charge in [-0.3, -0.25) is 14.9 Å². The number of nitro groups is 1. The Hall–Kier alpha value is -2.45. The van der Waals surface area contributed by atoms with Crippen molar-refractivity contribution in [3.63, 3.8) is 0 Å². The van der Waals surface area contributed by atoms with Crippen molar-refractivity contribution >= 4 is 50.0 Å². The van der Waals surface area contributed by atoms with Crippen LogP contribution in [0, 0.1) is 17.0 Å². The van der Waals surface area contributed by atoms with Gasteiger partial charge in [0.1, 0.15) is 0 Å². The Kier molecular flexibility index (Phi) is 5.00. The van der Waals surface area contributed by atoms with Crippen LogP contribution in [0.2, 0.25) is 0 Å². The van der Waals surface area contributed by atoms with Gasteiger partial charge >= 0.3 is 0 Å². The van der Waals surface area contributed by atoms with E-state index in [1.54, 1.807) is 19.1 Å². The summed E-state index contributed by atoms with van der Waals surface area (Å²) in [6.45, 7) is 3.78.